The molecule has 2 aromatic carbocycles. The third kappa shape index (κ3) is 5.08. The van der Waals surface area contributed by atoms with Gasteiger partial charge in [0.15, 0.2) is 0 Å². The lowest BCUT2D eigenvalue weighted by molar-refractivity contribution is 0.0909. The number of carbonyl (C=O) groups is 1. The van der Waals surface area contributed by atoms with Gasteiger partial charge in [-0.15, -0.1) is 0 Å². The number of amides is 1. The van der Waals surface area contributed by atoms with E-state index in [0.717, 1.165) is 42.7 Å². The number of nitrogens with zero attached hydrogens (tertiary/aromatic N) is 1. The first-order valence-electron chi connectivity index (χ1n) is 9.15. The SMILES string of the molecule is CCOc1ccc(C(=O)NC2CCN(Cc3ccccc3)CC2)cc1Br. The van der Waals surface area contributed by atoms with Gasteiger partial charge in [0.2, 0.25) is 0 Å². The predicted molar refractivity (Wildman–Crippen MR) is 108 cm³/mol. The molecule has 0 saturated carbocycles. The van der Waals surface area contributed by atoms with Gasteiger partial charge in [-0.25, -0.2) is 0 Å². The molecule has 2 aromatic rings. The molecule has 3 rings (SSSR count). The molecule has 0 bridgehead atoms. The first-order chi connectivity index (χ1) is 12.7. The molecular formula is C21H25BrN2O2. The summed E-state index contributed by atoms with van der Waals surface area (Å²) in [5.41, 5.74) is 2.00. The van der Waals surface area contributed by atoms with E-state index in [1.54, 1.807) is 0 Å². The van der Waals surface area contributed by atoms with Crippen LogP contribution in [-0.4, -0.2) is 36.5 Å². The second kappa shape index (κ2) is 9.19. The zero-order valence-corrected chi connectivity index (χ0v) is 16.7. The molecule has 0 aromatic heterocycles. The van der Waals surface area contributed by atoms with Gasteiger partial charge < -0.3 is 10.1 Å². The highest BCUT2D eigenvalue weighted by atomic mass is 79.9. The molecule has 1 N–H and O–H groups in total. The number of piperidine rings is 1. The minimum absolute atomic E-state index is 0.0183. The maximum Gasteiger partial charge on any atom is 0.251 e. The van der Waals surface area contributed by atoms with Gasteiger partial charge in [-0.2, -0.15) is 0 Å². The Morgan fingerprint density at radius 1 is 1.19 bits per heavy atom. The minimum atomic E-state index is -0.0183. The van der Waals surface area contributed by atoms with Crippen molar-refractivity contribution in [1.82, 2.24) is 10.2 Å². The van der Waals surface area contributed by atoms with Crippen LogP contribution in [0.25, 0.3) is 0 Å². The highest BCUT2D eigenvalue weighted by Gasteiger charge is 2.21. The summed E-state index contributed by atoms with van der Waals surface area (Å²) in [5, 5.41) is 3.17. The van der Waals surface area contributed by atoms with Crippen molar-refractivity contribution in [2.24, 2.45) is 0 Å². The number of hydrogen-bond donors (Lipinski definition) is 1. The molecular weight excluding hydrogens is 392 g/mol. The van der Waals surface area contributed by atoms with E-state index in [1.165, 1.54) is 5.56 Å². The molecule has 1 heterocycles. The fraction of sp³-hybridized carbons (Fsp3) is 0.381. The van der Waals surface area contributed by atoms with Crippen molar-refractivity contribution in [3.8, 4) is 5.75 Å². The van der Waals surface area contributed by atoms with Crippen molar-refractivity contribution < 1.29 is 9.53 Å². The molecule has 0 spiro atoms. The van der Waals surface area contributed by atoms with E-state index in [2.05, 4.69) is 50.4 Å². The van der Waals surface area contributed by atoms with Crippen LogP contribution >= 0.6 is 15.9 Å². The summed E-state index contributed by atoms with van der Waals surface area (Å²) in [4.78, 5) is 15.0. The van der Waals surface area contributed by atoms with Crippen molar-refractivity contribution in [1.29, 1.82) is 0 Å². The minimum Gasteiger partial charge on any atom is -0.493 e. The first kappa shape index (κ1) is 18.9. The quantitative estimate of drug-likeness (QED) is 0.765. The molecule has 5 heteroatoms. The van der Waals surface area contributed by atoms with Crippen LogP contribution in [0.2, 0.25) is 0 Å². The molecule has 1 aliphatic rings. The number of carbonyl (C=O) groups excluding carboxylic acids is 1. The Hall–Kier alpha value is -1.85. The summed E-state index contributed by atoms with van der Waals surface area (Å²) in [6.45, 7) is 5.54. The van der Waals surface area contributed by atoms with Crippen LogP contribution in [-0.2, 0) is 6.54 Å². The standard InChI is InChI=1S/C21H25BrN2O2/c1-2-26-20-9-8-17(14-19(20)22)21(25)23-18-10-12-24(13-11-18)15-16-6-4-3-5-7-16/h3-9,14,18H,2,10-13,15H2,1H3,(H,23,25). The Bertz CT molecular complexity index is 728. The average molecular weight is 417 g/mol. The molecule has 0 atom stereocenters. The van der Waals surface area contributed by atoms with Gasteiger partial charge in [0, 0.05) is 31.2 Å². The molecule has 1 saturated heterocycles. The summed E-state index contributed by atoms with van der Waals surface area (Å²) in [6, 6.07) is 16.2. The number of hydrogen-bond acceptors (Lipinski definition) is 3. The zero-order valence-electron chi connectivity index (χ0n) is 15.1. The topological polar surface area (TPSA) is 41.6 Å². The number of nitrogens with one attached hydrogen (secondary N) is 1. The summed E-state index contributed by atoms with van der Waals surface area (Å²) in [6.07, 6.45) is 1.97. The molecule has 0 aliphatic carbocycles. The Morgan fingerprint density at radius 3 is 2.58 bits per heavy atom. The van der Waals surface area contributed by atoms with Gasteiger partial charge in [0.25, 0.3) is 5.91 Å². The zero-order chi connectivity index (χ0) is 18.4. The number of ether oxygens (including phenoxy) is 1. The maximum atomic E-state index is 12.5. The summed E-state index contributed by atoms with van der Waals surface area (Å²) >= 11 is 3.47. The van der Waals surface area contributed by atoms with Gasteiger partial charge >= 0.3 is 0 Å². The lowest BCUT2D eigenvalue weighted by Gasteiger charge is -2.32. The smallest absolute Gasteiger partial charge is 0.251 e. The van der Waals surface area contributed by atoms with E-state index in [0.29, 0.717) is 12.2 Å². The van der Waals surface area contributed by atoms with E-state index in [1.807, 2.05) is 31.2 Å². The van der Waals surface area contributed by atoms with Gasteiger partial charge in [0.05, 0.1) is 11.1 Å². The first-order valence-corrected chi connectivity index (χ1v) is 9.94. The van der Waals surface area contributed by atoms with Gasteiger partial charge in [-0.05, 0) is 59.5 Å². The fourth-order valence-electron chi connectivity index (χ4n) is 3.26. The van der Waals surface area contributed by atoms with E-state index in [-0.39, 0.29) is 11.9 Å². The van der Waals surface area contributed by atoms with Gasteiger partial charge in [0.1, 0.15) is 5.75 Å². The van der Waals surface area contributed by atoms with E-state index in [4.69, 9.17) is 4.74 Å². The van der Waals surface area contributed by atoms with Crippen LogP contribution in [0.1, 0.15) is 35.7 Å². The maximum absolute atomic E-state index is 12.5. The van der Waals surface area contributed by atoms with Crippen LogP contribution in [0, 0.1) is 0 Å². The highest BCUT2D eigenvalue weighted by Crippen LogP contribution is 2.26. The Balaban J connectivity index is 1.49. The monoisotopic (exact) mass is 416 g/mol. The van der Waals surface area contributed by atoms with Crippen LogP contribution < -0.4 is 10.1 Å². The van der Waals surface area contributed by atoms with E-state index >= 15 is 0 Å². The van der Waals surface area contributed by atoms with Crippen molar-refractivity contribution in [2.45, 2.75) is 32.4 Å². The van der Waals surface area contributed by atoms with Crippen molar-refractivity contribution >= 4 is 21.8 Å². The van der Waals surface area contributed by atoms with Gasteiger partial charge in [-0.1, -0.05) is 30.3 Å². The number of benzene rings is 2. The molecule has 0 radical (unpaired) electrons. The van der Waals surface area contributed by atoms with Crippen LogP contribution in [0.4, 0.5) is 0 Å². The normalized spacial score (nSPS) is 15.6. The largest absolute Gasteiger partial charge is 0.493 e. The summed E-state index contributed by atoms with van der Waals surface area (Å²) in [5.74, 6) is 0.744. The van der Waals surface area contributed by atoms with Crippen LogP contribution in [0.5, 0.6) is 5.75 Å². The summed E-state index contributed by atoms with van der Waals surface area (Å²) in [7, 11) is 0. The van der Waals surface area contributed by atoms with Crippen molar-refractivity contribution in [3.63, 3.8) is 0 Å². The highest BCUT2D eigenvalue weighted by molar-refractivity contribution is 9.10. The van der Waals surface area contributed by atoms with E-state index in [9.17, 15) is 4.79 Å². The predicted octanol–water partition coefficient (Wildman–Crippen LogP) is 4.24. The van der Waals surface area contributed by atoms with Crippen LogP contribution in [0.15, 0.2) is 53.0 Å². The van der Waals surface area contributed by atoms with Crippen molar-refractivity contribution in [2.75, 3.05) is 19.7 Å². The van der Waals surface area contributed by atoms with E-state index < -0.39 is 0 Å². The van der Waals surface area contributed by atoms with Gasteiger partial charge in [-0.3, -0.25) is 9.69 Å². The van der Waals surface area contributed by atoms with Crippen LogP contribution in [0.3, 0.4) is 0 Å². The molecule has 26 heavy (non-hydrogen) atoms. The molecule has 4 nitrogen and oxygen atoms in total. The fourth-order valence-corrected chi connectivity index (χ4v) is 3.75. The number of likely N-dealkylation sites (tertiary alicyclic amines) is 1. The van der Waals surface area contributed by atoms with Crippen molar-refractivity contribution in [3.05, 3.63) is 64.1 Å². The third-order valence-corrected chi connectivity index (χ3v) is 5.29. The molecule has 1 aliphatic heterocycles. The lowest BCUT2D eigenvalue weighted by atomic mass is 10.0. The summed E-state index contributed by atoms with van der Waals surface area (Å²) < 4.78 is 6.31. The molecule has 1 fully saturated rings. The average Bonchev–Trinajstić information content (AvgIpc) is 2.66. The molecule has 1 amide bonds. The second-order valence-corrected chi connectivity index (χ2v) is 7.44. The number of halogens is 1. The lowest BCUT2D eigenvalue weighted by Crippen LogP contribution is -2.44. The third-order valence-electron chi connectivity index (χ3n) is 4.67. The Labute approximate surface area is 163 Å². The Kier molecular flexibility index (Phi) is 6.69. The number of rotatable bonds is 6. The second-order valence-electron chi connectivity index (χ2n) is 6.59. The Morgan fingerprint density at radius 2 is 1.92 bits per heavy atom. The molecule has 0 unspecified atom stereocenters. The molecule has 138 valence electrons.